The van der Waals surface area contributed by atoms with Crippen molar-refractivity contribution in [3.63, 3.8) is 0 Å². The van der Waals surface area contributed by atoms with Gasteiger partial charge in [0.2, 0.25) is 11.1 Å². The molecule has 4 aromatic rings. The van der Waals surface area contributed by atoms with Crippen LogP contribution in [0.2, 0.25) is 0 Å². The number of nitrogens with zero attached hydrogens (tertiary/aromatic N) is 3. The third kappa shape index (κ3) is 7.77. The van der Waals surface area contributed by atoms with Crippen LogP contribution in [0.15, 0.2) is 59.7 Å². The van der Waals surface area contributed by atoms with E-state index in [1.54, 1.807) is 34.9 Å². The fourth-order valence-electron chi connectivity index (χ4n) is 3.53. The van der Waals surface area contributed by atoms with E-state index >= 15 is 0 Å². The number of benzene rings is 2. The highest BCUT2D eigenvalue weighted by atomic mass is 32.2. The zero-order valence-corrected chi connectivity index (χ0v) is 23.2. The fraction of sp³-hybridized carbons (Fsp3) is 0.280. The number of imidazole rings is 1. The first-order chi connectivity index (χ1) is 19.3. The van der Waals surface area contributed by atoms with Crippen LogP contribution in [0.4, 0.5) is 10.3 Å². The summed E-state index contributed by atoms with van der Waals surface area (Å²) < 4.78 is 50.8. The van der Waals surface area contributed by atoms with Crippen molar-refractivity contribution in [1.29, 1.82) is 0 Å². The number of hydrogen-bond donors (Lipinski definition) is 2. The molecule has 0 amide bonds. The van der Waals surface area contributed by atoms with Crippen molar-refractivity contribution in [2.75, 3.05) is 38.2 Å². The number of methoxy groups -OCH3 is 1. The van der Waals surface area contributed by atoms with Crippen molar-refractivity contribution in [1.82, 2.24) is 19.5 Å². The lowest BCUT2D eigenvalue weighted by atomic mass is 10.2. The van der Waals surface area contributed by atoms with Gasteiger partial charge in [-0.25, -0.2) is 9.37 Å². The summed E-state index contributed by atoms with van der Waals surface area (Å²) in [5.74, 6) is -0.352. The number of nitrogen functional groups attached to an aromatic ring is 1. The highest BCUT2D eigenvalue weighted by molar-refractivity contribution is 8.14. The van der Waals surface area contributed by atoms with E-state index in [0.717, 1.165) is 11.8 Å². The van der Waals surface area contributed by atoms with Gasteiger partial charge in [0.1, 0.15) is 6.35 Å². The van der Waals surface area contributed by atoms with Crippen molar-refractivity contribution >= 4 is 41.6 Å². The predicted molar refractivity (Wildman–Crippen MR) is 148 cm³/mol. The second kappa shape index (κ2) is 13.7. The van der Waals surface area contributed by atoms with Crippen LogP contribution < -0.4 is 16.0 Å². The van der Waals surface area contributed by atoms with Gasteiger partial charge >= 0.3 is 7.60 Å². The van der Waals surface area contributed by atoms with Crippen LogP contribution in [0.1, 0.15) is 15.9 Å². The zero-order chi connectivity index (χ0) is 28.5. The van der Waals surface area contributed by atoms with Gasteiger partial charge in [0.15, 0.2) is 22.7 Å². The second-order valence-electron chi connectivity index (χ2n) is 8.29. The Morgan fingerprint density at radius 3 is 2.73 bits per heavy atom. The normalized spacial score (nSPS) is 12.8. The first kappa shape index (κ1) is 29.4. The summed E-state index contributed by atoms with van der Waals surface area (Å²) >= 11 is 1.02. The molecule has 0 aliphatic rings. The van der Waals surface area contributed by atoms with E-state index < -0.39 is 25.3 Å². The van der Waals surface area contributed by atoms with Crippen LogP contribution in [0.5, 0.6) is 5.75 Å². The third-order valence-electron chi connectivity index (χ3n) is 5.48. The number of ether oxygens (including phenoxy) is 2. The maximum Gasteiger partial charge on any atom is 0.356 e. The average Bonchev–Trinajstić information content (AvgIpc) is 3.36. The van der Waals surface area contributed by atoms with E-state index in [9.17, 15) is 18.5 Å². The molecule has 0 radical (unpaired) electrons. The second-order valence-corrected chi connectivity index (χ2v) is 11.4. The lowest BCUT2D eigenvalue weighted by Crippen LogP contribution is -2.13. The third-order valence-corrected chi connectivity index (χ3v) is 7.94. The van der Waals surface area contributed by atoms with E-state index in [1.165, 1.54) is 25.6 Å². The minimum absolute atomic E-state index is 0.0506. The molecule has 0 saturated heterocycles. The molecular formula is C25H27FN5O7PS. The van der Waals surface area contributed by atoms with Gasteiger partial charge in [0, 0.05) is 17.9 Å². The molecule has 0 bridgehead atoms. The lowest BCUT2D eigenvalue weighted by molar-refractivity contribution is 0.108. The first-order valence-electron chi connectivity index (χ1n) is 12.0. The summed E-state index contributed by atoms with van der Waals surface area (Å²) in [5, 5.41) is -0.148. The van der Waals surface area contributed by atoms with Crippen LogP contribution in [0, 0.1) is 5.82 Å². The molecule has 12 nitrogen and oxygen atoms in total. The van der Waals surface area contributed by atoms with Crippen LogP contribution >= 0.6 is 19.4 Å². The largest absolute Gasteiger partial charge is 0.494 e. The highest BCUT2D eigenvalue weighted by Crippen LogP contribution is 2.49. The Labute approximate surface area is 232 Å². The summed E-state index contributed by atoms with van der Waals surface area (Å²) in [6.45, 7) is 0.00122. The summed E-state index contributed by atoms with van der Waals surface area (Å²) in [5.41, 5.74) is 6.51. The standard InChI is InChI=1S/C25H27FN5O7PS/c1-35-20-8-7-17(13-19(20)26)14-38-39(34,37-11-12-40-24(33)18-5-3-2-4-6-18)16-36-10-9-31-15-28-21-22(31)29-25(27)30-23(21)32/h2-8,13,15H,9-12,14,16H2,1H3,(H3,27,29,30,32). The Bertz CT molecular complexity index is 1570. The molecule has 212 valence electrons. The quantitative estimate of drug-likeness (QED) is 0.162. The van der Waals surface area contributed by atoms with Crippen molar-refractivity contribution in [2.45, 2.75) is 13.2 Å². The van der Waals surface area contributed by atoms with Crippen molar-refractivity contribution in [3.05, 3.63) is 82.2 Å². The first-order valence-corrected chi connectivity index (χ1v) is 14.7. The van der Waals surface area contributed by atoms with Gasteiger partial charge in [-0.1, -0.05) is 48.2 Å². The number of anilines is 1. The summed E-state index contributed by atoms with van der Waals surface area (Å²) in [6.07, 6.45) is 1.01. The number of hydrogen-bond acceptors (Lipinski definition) is 11. The Hall–Kier alpha value is -3.55. The zero-order valence-electron chi connectivity index (χ0n) is 21.4. The molecule has 40 heavy (non-hydrogen) atoms. The molecule has 0 aliphatic carbocycles. The van der Waals surface area contributed by atoms with Gasteiger partial charge in [0.25, 0.3) is 5.56 Å². The number of carbonyl (C=O) groups is 1. The minimum Gasteiger partial charge on any atom is -0.494 e. The number of aromatic amines is 1. The molecule has 0 spiro atoms. The average molecular weight is 592 g/mol. The highest BCUT2D eigenvalue weighted by Gasteiger charge is 2.26. The van der Waals surface area contributed by atoms with Gasteiger partial charge in [-0.2, -0.15) is 4.98 Å². The number of fused-ring (bicyclic) bond motifs is 1. The Morgan fingerprint density at radius 1 is 1.18 bits per heavy atom. The summed E-state index contributed by atoms with van der Waals surface area (Å²) in [4.78, 5) is 34.8. The van der Waals surface area contributed by atoms with Crippen molar-refractivity contribution < 1.29 is 32.3 Å². The summed E-state index contributed by atoms with van der Waals surface area (Å²) in [6, 6.07) is 13.0. The number of rotatable bonds is 14. The van der Waals surface area contributed by atoms with Crippen LogP contribution in [-0.4, -0.2) is 57.1 Å². The number of halogens is 1. The maximum absolute atomic E-state index is 14.1. The summed E-state index contributed by atoms with van der Waals surface area (Å²) in [7, 11) is -2.49. The molecule has 0 aliphatic heterocycles. The van der Waals surface area contributed by atoms with Crippen LogP contribution in [-0.2, 0) is 31.5 Å². The molecule has 3 N–H and O–H groups in total. The molecule has 1 unspecified atom stereocenters. The Kier molecular flexibility index (Phi) is 10.1. The van der Waals surface area contributed by atoms with E-state index in [4.69, 9.17) is 24.3 Å². The monoisotopic (exact) mass is 591 g/mol. The minimum atomic E-state index is -3.84. The molecule has 15 heteroatoms. The number of H-pyrrole nitrogens is 1. The van der Waals surface area contributed by atoms with E-state index in [1.807, 2.05) is 6.07 Å². The molecule has 0 fully saturated rings. The van der Waals surface area contributed by atoms with Gasteiger partial charge in [-0.15, -0.1) is 0 Å². The van der Waals surface area contributed by atoms with E-state index in [-0.39, 0.29) is 60.1 Å². The molecule has 4 rings (SSSR count). The molecular weight excluding hydrogens is 564 g/mol. The topological polar surface area (TPSA) is 161 Å². The van der Waals surface area contributed by atoms with E-state index in [2.05, 4.69) is 15.0 Å². The molecule has 0 saturated carbocycles. The molecule has 2 aromatic carbocycles. The smallest absolute Gasteiger partial charge is 0.356 e. The lowest BCUT2D eigenvalue weighted by Gasteiger charge is -2.19. The SMILES string of the molecule is COc1ccc(COP(=O)(COCCn2cnc3c(=O)[nH]c(N)nc32)OCCSC(=O)c2ccccc2)cc1F. The maximum atomic E-state index is 14.1. The van der Waals surface area contributed by atoms with Crippen LogP contribution in [0.25, 0.3) is 11.2 Å². The van der Waals surface area contributed by atoms with E-state index in [0.29, 0.717) is 11.1 Å². The van der Waals surface area contributed by atoms with Crippen molar-refractivity contribution in [3.8, 4) is 5.75 Å². The Balaban J connectivity index is 1.35. The number of thioether (sulfide) groups is 1. The van der Waals surface area contributed by atoms with Gasteiger partial charge < -0.3 is 28.8 Å². The predicted octanol–water partition coefficient (Wildman–Crippen LogP) is 3.82. The molecule has 2 aromatic heterocycles. The Morgan fingerprint density at radius 2 is 1.98 bits per heavy atom. The van der Waals surface area contributed by atoms with Gasteiger partial charge in [-0.05, 0) is 17.7 Å². The van der Waals surface area contributed by atoms with Gasteiger partial charge in [0.05, 0.1) is 33.3 Å². The van der Waals surface area contributed by atoms with Crippen LogP contribution in [0.3, 0.4) is 0 Å². The van der Waals surface area contributed by atoms with Crippen molar-refractivity contribution in [2.24, 2.45) is 0 Å². The molecule has 1 atom stereocenters. The fourth-order valence-corrected chi connectivity index (χ4v) is 5.60. The number of nitrogens with two attached hydrogens (primary N) is 1. The number of carbonyl (C=O) groups excluding carboxylic acids is 1. The number of nitrogens with one attached hydrogen (secondary N) is 1. The molecule has 2 heterocycles. The van der Waals surface area contributed by atoms with Gasteiger partial charge in [-0.3, -0.25) is 19.1 Å². The number of aromatic nitrogens is 4.